The molecule has 2 aromatic carbocycles. The summed E-state index contributed by atoms with van der Waals surface area (Å²) in [7, 11) is 0. The first-order valence-electron chi connectivity index (χ1n) is 11.6. The van der Waals surface area contributed by atoms with Crippen molar-refractivity contribution in [3.05, 3.63) is 99.0 Å². The molecule has 0 bridgehead atoms. The number of hydrogen-bond acceptors (Lipinski definition) is 7. The molecule has 1 aromatic heterocycles. The zero-order valence-corrected chi connectivity index (χ0v) is 20.8. The fourth-order valence-electron chi connectivity index (χ4n) is 3.14. The van der Waals surface area contributed by atoms with Crippen molar-refractivity contribution in [1.29, 1.82) is 0 Å². The third kappa shape index (κ3) is 9.81. The predicted octanol–water partition coefficient (Wildman–Crippen LogP) is 1.78. The topological polar surface area (TPSA) is 131 Å². The number of aliphatic hydroxyl groups excluding tert-OH is 2. The number of esters is 1. The Bertz CT molecular complexity index is 1190. The molecule has 0 saturated carbocycles. The number of hydrogen-bond donors (Lipinski definition) is 3. The van der Waals surface area contributed by atoms with E-state index < -0.39 is 6.10 Å². The second-order valence-electron chi connectivity index (χ2n) is 8.18. The maximum absolute atomic E-state index is 11.7. The minimum atomic E-state index is -0.903. The van der Waals surface area contributed by atoms with Crippen LogP contribution in [-0.4, -0.2) is 57.7 Å². The second-order valence-corrected chi connectivity index (χ2v) is 8.18. The number of carbonyl (C=O) groups excluding carboxylic acids is 2. The van der Waals surface area contributed by atoms with Crippen LogP contribution < -0.4 is 10.9 Å². The molecule has 3 aromatic rings. The zero-order valence-electron chi connectivity index (χ0n) is 20.8. The molecule has 1 heterocycles. The van der Waals surface area contributed by atoms with E-state index in [1.54, 1.807) is 25.1 Å². The molecule has 0 spiro atoms. The maximum atomic E-state index is 11.7. The molecular formula is C27H33N3O6. The minimum absolute atomic E-state index is 0.0587. The van der Waals surface area contributed by atoms with E-state index in [4.69, 9.17) is 14.9 Å². The SMILES string of the molecule is CCOC(=O)Cc1cccc(Cn2nc(C)ccc2=O)c1.Cc1ccc(C(=O)NCC(O)CO)cc1. The first-order valence-corrected chi connectivity index (χ1v) is 11.6. The third-order valence-electron chi connectivity index (χ3n) is 5.00. The van der Waals surface area contributed by atoms with Gasteiger partial charge >= 0.3 is 5.97 Å². The molecule has 0 aliphatic carbocycles. The lowest BCUT2D eigenvalue weighted by molar-refractivity contribution is -0.142. The normalized spacial score (nSPS) is 11.1. The van der Waals surface area contributed by atoms with E-state index >= 15 is 0 Å². The molecule has 1 amide bonds. The van der Waals surface area contributed by atoms with Gasteiger partial charge in [0.1, 0.15) is 0 Å². The Morgan fingerprint density at radius 2 is 1.75 bits per heavy atom. The van der Waals surface area contributed by atoms with Gasteiger partial charge in [0.2, 0.25) is 0 Å². The first-order chi connectivity index (χ1) is 17.2. The van der Waals surface area contributed by atoms with E-state index in [0.29, 0.717) is 18.7 Å². The molecule has 9 nitrogen and oxygen atoms in total. The highest BCUT2D eigenvalue weighted by molar-refractivity contribution is 5.94. The Kier molecular flexibility index (Phi) is 11.5. The van der Waals surface area contributed by atoms with Crippen LogP contribution in [0.2, 0.25) is 0 Å². The molecule has 9 heteroatoms. The van der Waals surface area contributed by atoms with Gasteiger partial charge in [-0.2, -0.15) is 5.10 Å². The Labute approximate surface area is 210 Å². The van der Waals surface area contributed by atoms with Crippen LogP contribution in [0.15, 0.2) is 65.5 Å². The maximum Gasteiger partial charge on any atom is 0.310 e. The van der Waals surface area contributed by atoms with Gasteiger partial charge in [-0.1, -0.05) is 42.0 Å². The van der Waals surface area contributed by atoms with E-state index in [-0.39, 0.29) is 37.0 Å². The van der Waals surface area contributed by atoms with Crippen molar-refractivity contribution in [2.24, 2.45) is 0 Å². The van der Waals surface area contributed by atoms with Crippen molar-refractivity contribution in [3.63, 3.8) is 0 Å². The summed E-state index contributed by atoms with van der Waals surface area (Å²) in [5.41, 5.74) is 4.07. The fraction of sp³-hybridized carbons (Fsp3) is 0.333. The van der Waals surface area contributed by atoms with Crippen molar-refractivity contribution >= 4 is 11.9 Å². The van der Waals surface area contributed by atoms with Crippen LogP contribution in [0.1, 0.15) is 39.7 Å². The number of rotatable bonds is 9. The van der Waals surface area contributed by atoms with Crippen LogP contribution in [0.25, 0.3) is 0 Å². The number of aryl methyl sites for hydroxylation is 2. The highest BCUT2D eigenvalue weighted by atomic mass is 16.5. The number of amides is 1. The standard InChI is InChI=1S/C16H18N2O3.C11H15NO3/c1-3-21-16(20)10-13-5-4-6-14(9-13)11-18-15(19)8-7-12(2)17-18;1-8-2-4-9(5-3-8)11(15)12-6-10(14)7-13/h4-9H,3,10-11H2,1-2H3;2-5,10,13-14H,6-7H2,1H3,(H,12,15). The Morgan fingerprint density at radius 1 is 1.06 bits per heavy atom. The summed E-state index contributed by atoms with van der Waals surface area (Å²) < 4.78 is 6.35. The van der Waals surface area contributed by atoms with Gasteiger partial charge in [0, 0.05) is 18.2 Å². The first kappa shape index (κ1) is 28.4. The highest BCUT2D eigenvalue weighted by Crippen LogP contribution is 2.08. The van der Waals surface area contributed by atoms with Gasteiger partial charge in [0.25, 0.3) is 11.5 Å². The number of aromatic nitrogens is 2. The summed E-state index contributed by atoms with van der Waals surface area (Å²) in [6.45, 7) is 6.03. The number of nitrogens with zero attached hydrogens (tertiary/aromatic N) is 2. The van der Waals surface area contributed by atoms with Crippen LogP contribution >= 0.6 is 0 Å². The predicted molar refractivity (Wildman–Crippen MR) is 136 cm³/mol. The number of aliphatic hydroxyl groups is 2. The van der Waals surface area contributed by atoms with Crippen LogP contribution in [-0.2, 0) is 22.5 Å². The number of nitrogens with one attached hydrogen (secondary N) is 1. The Hall–Kier alpha value is -3.82. The summed E-state index contributed by atoms with van der Waals surface area (Å²) in [4.78, 5) is 34.7. The lowest BCUT2D eigenvalue weighted by Gasteiger charge is -2.08. The van der Waals surface area contributed by atoms with Crippen molar-refractivity contribution in [2.75, 3.05) is 19.8 Å². The van der Waals surface area contributed by atoms with Gasteiger partial charge in [-0.15, -0.1) is 0 Å². The largest absolute Gasteiger partial charge is 0.466 e. The molecule has 0 saturated heterocycles. The lowest BCUT2D eigenvalue weighted by atomic mass is 10.1. The number of carbonyl (C=O) groups is 2. The Balaban J connectivity index is 0.000000269. The summed E-state index contributed by atoms with van der Waals surface area (Å²) in [6, 6.07) is 17.9. The van der Waals surface area contributed by atoms with Crippen molar-refractivity contribution in [2.45, 2.75) is 39.8 Å². The van der Waals surface area contributed by atoms with Crippen molar-refractivity contribution in [3.8, 4) is 0 Å². The third-order valence-corrected chi connectivity index (χ3v) is 5.00. The summed E-state index contributed by atoms with van der Waals surface area (Å²) >= 11 is 0. The molecule has 3 N–H and O–H groups in total. The second kappa shape index (κ2) is 14.6. The quantitative estimate of drug-likeness (QED) is 0.386. The van der Waals surface area contributed by atoms with E-state index in [1.165, 1.54) is 10.7 Å². The van der Waals surface area contributed by atoms with Gasteiger partial charge in [0.05, 0.1) is 38.0 Å². The zero-order chi connectivity index (χ0) is 26.5. The van der Waals surface area contributed by atoms with Gasteiger partial charge < -0.3 is 20.3 Å². The minimum Gasteiger partial charge on any atom is -0.466 e. The fourth-order valence-corrected chi connectivity index (χ4v) is 3.14. The molecule has 1 unspecified atom stereocenters. The molecule has 0 radical (unpaired) electrons. The molecule has 36 heavy (non-hydrogen) atoms. The Morgan fingerprint density at radius 3 is 2.42 bits per heavy atom. The average Bonchev–Trinajstić information content (AvgIpc) is 2.85. The van der Waals surface area contributed by atoms with E-state index in [1.807, 2.05) is 50.2 Å². The molecule has 3 rings (SSSR count). The molecule has 1 atom stereocenters. The van der Waals surface area contributed by atoms with Gasteiger partial charge in [-0.05, 0) is 50.1 Å². The van der Waals surface area contributed by atoms with E-state index in [9.17, 15) is 14.4 Å². The summed E-state index contributed by atoms with van der Waals surface area (Å²) in [5, 5.41) is 24.3. The molecule has 192 valence electrons. The number of benzene rings is 2. The summed E-state index contributed by atoms with van der Waals surface area (Å²) in [5.74, 6) is -0.497. The highest BCUT2D eigenvalue weighted by Gasteiger charge is 2.08. The molecular weight excluding hydrogens is 462 g/mol. The summed E-state index contributed by atoms with van der Waals surface area (Å²) in [6.07, 6.45) is -0.669. The van der Waals surface area contributed by atoms with Crippen LogP contribution in [0.3, 0.4) is 0 Å². The van der Waals surface area contributed by atoms with E-state index in [0.717, 1.165) is 22.4 Å². The van der Waals surface area contributed by atoms with Crippen molar-refractivity contribution < 1.29 is 24.5 Å². The monoisotopic (exact) mass is 495 g/mol. The van der Waals surface area contributed by atoms with Crippen LogP contribution in [0, 0.1) is 13.8 Å². The molecule has 0 aliphatic rings. The van der Waals surface area contributed by atoms with Gasteiger partial charge in [-0.25, -0.2) is 4.68 Å². The van der Waals surface area contributed by atoms with Gasteiger partial charge in [-0.3, -0.25) is 14.4 Å². The lowest BCUT2D eigenvalue weighted by Crippen LogP contribution is -2.33. The van der Waals surface area contributed by atoms with Crippen LogP contribution in [0.5, 0.6) is 0 Å². The molecule has 0 fully saturated rings. The van der Waals surface area contributed by atoms with Gasteiger partial charge in [0.15, 0.2) is 0 Å². The smallest absolute Gasteiger partial charge is 0.310 e. The number of ether oxygens (including phenoxy) is 1. The van der Waals surface area contributed by atoms with E-state index in [2.05, 4.69) is 10.4 Å². The average molecular weight is 496 g/mol. The molecule has 0 aliphatic heterocycles. The van der Waals surface area contributed by atoms with Crippen molar-refractivity contribution in [1.82, 2.24) is 15.1 Å². The van der Waals surface area contributed by atoms with Crippen LogP contribution in [0.4, 0.5) is 0 Å².